The molecule has 0 bridgehead atoms. The van der Waals surface area contributed by atoms with E-state index in [1.807, 2.05) is 83.1 Å². The van der Waals surface area contributed by atoms with E-state index < -0.39 is 174 Å². The Bertz CT molecular complexity index is 3100. The van der Waals surface area contributed by atoms with Crippen molar-refractivity contribution in [2.75, 3.05) is 39.3 Å². The molecule has 0 heterocycles. The molecule has 0 spiro atoms. The highest BCUT2D eigenvalue weighted by Crippen LogP contribution is 2.44. The number of alkyl carbamates (subject to hydrolysis) is 1. The number of carboxylic acid groups (broad SMARTS) is 1. The number of unbranched alkanes of at least 4 members (excludes halogenated alkanes) is 4. The Morgan fingerprint density at radius 1 is 0.358 bits per heavy atom. The molecular weight excluding hydrogens is 1360 g/mol. The lowest BCUT2D eigenvalue weighted by molar-refractivity contribution is -0.144. The van der Waals surface area contributed by atoms with Gasteiger partial charge >= 0.3 is 12.1 Å². The van der Waals surface area contributed by atoms with E-state index in [0.717, 1.165) is 22.3 Å². The van der Waals surface area contributed by atoms with Crippen LogP contribution in [0.3, 0.4) is 0 Å². The smallest absolute Gasteiger partial charge is 0.407 e. The van der Waals surface area contributed by atoms with Crippen molar-refractivity contribution in [2.24, 2.45) is 58.4 Å². The van der Waals surface area contributed by atoms with Crippen molar-refractivity contribution >= 4 is 71.1 Å². The molecule has 0 saturated heterocycles. The van der Waals surface area contributed by atoms with Gasteiger partial charge in [0, 0.05) is 5.92 Å². The normalized spacial score (nSPS) is 16.3. The summed E-state index contributed by atoms with van der Waals surface area (Å²) in [6, 6.07) is 3.40. The highest BCUT2D eigenvalue weighted by molar-refractivity contribution is 5.99. The molecule has 1 aliphatic rings. The van der Waals surface area contributed by atoms with Crippen LogP contribution in [0.25, 0.3) is 11.1 Å². The van der Waals surface area contributed by atoms with Crippen LogP contribution in [-0.4, -0.2) is 176 Å². The molecule has 0 fully saturated rings. The van der Waals surface area contributed by atoms with Crippen molar-refractivity contribution in [2.45, 2.75) is 265 Å². The number of nitrogens with one attached hydrogen (secondary N) is 11. The summed E-state index contributed by atoms with van der Waals surface area (Å²) in [6.45, 7) is 21.9. The summed E-state index contributed by atoms with van der Waals surface area (Å²) in [7, 11) is 0. The molecule has 0 saturated carbocycles. The standard InChI is InChI=1S/C77H129N15O14/c1-13-45(7)61(87-60(93)43-82-77(105)106-44-55-53-33-21-19-31-51(53)52-32-20-22-34-54(52)55)73(100)90-62(46(8)14-2)71(98)85-56(35-23-27-39-78)67(94)83-58(37-25-29-41-80)69(96)88-64(48(10)16-4)74(101)91-63(47(9)15-3)72(99)86-57(36-24-28-40-79)68(95)84-59(38-26-30-42-81)70(97)89-65(49(11)17-5)75(102)92-66(76(103)104)50(12)18-6/h19-22,31-34,45-50,55-59,61-66H,13-18,23-30,35-44,78-81H2,1-12H3,(H,82,105)(H,83,94)(H,84,95)(H,85,98)(H,86,99)(H,87,93)(H,88,96)(H,89,97)(H,90,100)(H,91,101)(H,92,102)(H,103,104)/t45-,46-,47-,48-,49-,50-,56-,57-,58-,59-,61-,62-,63-,64-,65-,66-/m0/s1. The van der Waals surface area contributed by atoms with E-state index >= 15 is 0 Å². The van der Waals surface area contributed by atoms with Crippen LogP contribution in [0, 0.1) is 35.5 Å². The van der Waals surface area contributed by atoms with Gasteiger partial charge in [-0.1, -0.05) is 170 Å². The third kappa shape index (κ3) is 29.1. The number of rotatable bonds is 52. The molecule has 0 unspecified atom stereocenters. The molecule has 0 aromatic heterocycles. The van der Waals surface area contributed by atoms with Crippen molar-refractivity contribution in [3.8, 4) is 11.1 Å². The van der Waals surface area contributed by atoms with Gasteiger partial charge in [-0.3, -0.25) is 47.9 Å². The Morgan fingerprint density at radius 2 is 0.613 bits per heavy atom. The van der Waals surface area contributed by atoms with Gasteiger partial charge in [0.1, 0.15) is 73.6 Å². The summed E-state index contributed by atoms with van der Waals surface area (Å²) in [5.74, 6) is -11.5. The van der Waals surface area contributed by atoms with Crippen molar-refractivity contribution in [3.63, 3.8) is 0 Å². The molecule has 106 heavy (non-hydrogen) atoms. The molecule has 0 radical (unpaired) electrons. The predicted molar refractivity (Wildman–Crippen MR) is 408 cm³/mol. The maximum Gasteiger partial charge on any atom is 0.407 e. The second-order valence-corrected chi connectivity index (χ2v) is 28.7. The largest absolute Gasteiger partial charge is 0.480 e. The van der Waals surface area contributed by atoms with Gasteiger partial charge in [0.2, 0.25) is 59.1 Å². The average molecular weight is 1490 g/mol. The third-order valence-electron chi connectivity index (χ3n) is 20.8. The second kappa shape index (κ2) is 48.8. The van der Waals surface area contributed by atoms with E-state index in [-0.39, 0.29) is 64.4 Å². The van der Waals surface area contributed by atoms with E-state index in [1.54, 1.807) is 48.5 Å². The van der Waals surface area contributed by atoms with E-state index in [1.165, 1.54) is 0 Å². The number of hydrogen-bond donors (Lipinski definition) is 16. The fraction of sp³-hybridized carbons (Fsp3) is 0.688. The van der Waals surface area contributed by atoms with Crippen molar-refractivity contribution in [3.05, 3.63) is 59.7 Å². The quantitative estimate of drug-likeness (QED) is 0.0412. The number of carbonyl (C=O) groups excluding carboxylic acids is 11. The molecule has 0 aliphatic heterocycles. The minimum Gasteiger partial charge on any atom is -0.480 e. The summed E-state index contributed by atoms with van der Waals surface area (Å²) in [5, 5.41) is 40.4. The molecule has 16 atom stereocenters. The number of carbonyl (C=O) groups is 12. The van der Waals surface area contributed by atoms with Gasteiger partial charge < -0.3 is 91.3 Å². The molecule has 29 nitrogen and oxygen atoms in total. The molecule has 3 rings (SSSR count). The topological polar surface area (TPSA) is 471 Å². The van der Waals surface area contributed by atoms with E-state index in [9.17, 15) is 62.6 Å². The Labute approximate surface area is 627 Å². The van der Waals surface area contributed by atoms with Crippen LogP contribution in [-0.2, 0) is 57.5 Å². The van der Waals surface area contributed by atoms with Crippen LogP contribution in [0.5, 0.6) is 0 Å². The van der Waals surface area contributed by atoms with Gasteiger partial charge in [-0.25, -0.2) is 9.59 Å². The highest BCUT2D eigenvalue weighted by Gasteiger charge is 2.40. The number of hydrogen-bond acceptors (Lipinski definition) is 17. The van der Waals surface area contributed by atoms with Crippen molar-refractivity contribution in [1.29, 1.82) is 0 Å². The van der Waals surface area contributed by atoms with Gasteiger partial charge in [-0.05, 0) is 161 Å². The predicted octanol–water partition coefficient (Wildman–Crippen LogP) is 4.25. The molecule has 2 aromatic carbocycles. The molecular formula is C77H129N15O14. The van der Waals surface area contributed by atoms with Crippen LogP contribution < -0.4 is 81.4 Å². The number of fused-ring (bicyclic) bond motifs is 3. The number of amides is 11. The van der Waals surface area contributed by atoms with Crippen LogP contribution in [0.4, 0.5) is 4.79 Å². The molecule has 2 aromatic rings. The van der Waals surface area contributed by atoms with E-state index in [4.69, 9.17) is 27.7 Å². The minimum atomic E-state index is -1.28. The summed E-state index contributed by atoms with van der Waals surface area (Å²) in [4.78, 5) is 170. The Hall–Kier alpha value is -8.28. The first-order chi connectivity index (χ1) is 50.6. The lowest BCUT2D eigenvalue weighted by atomic mass is 9.94. The monoisotopic (exact) mass is 1490 g/mol. The van der Waals surface area contributed by atoms with Crippen LogP contribution in [0.2, 0.25) is 0 Å². The van der Waals surface area contributed by atoms with Crippen molar-refractivity contribution < 1.29 is 67.4 Å². The Balaban J connectivity index is 1.87. The number of benzene rings is 2. The summed E-state index contributed by atoms with van der Waals surface area (Å²) in [6.07, 6.45) is 5.32. The Kier molecular flexibility index (Phi) is 42.3. The molecule has 1 aliphatic carbocycles. The molecule has 20 N–H and O–H groups in total. The van der Waals surface area contributed by atoms with Crippen LogP contribution in [0.15, 0.2) is 48.5 Å². The van der Waals surface area contributed by atoms with Crippen LogP contribution in [0.1, 0.15) is 216 Å². The zero-order valence-electron chi connectivity index (χ0n) is 65.0. The first kappa shape index (κ1) is 91.9. The minimum absolute atomic E-state index is 0.0214. The molecule has 11 amide bonds. The maximum absolute atomic E-state index is 14.8. The fourth-order valence-electron chi connectivity index (χ4n) is 12.6. The first-order valence-corrected chi connectivity index (χ1v) is 38.7. The maximum atomic E-state index is 14.8. The summed E-state index contributed by atoms with van der Waals surface area (Å²) < 4.78 is 5.62. The number of ether oxygens (including phenoxy) is 1. The highest BCUT2D eigenvalue weighted by atomic mass is 16.5. The molecule has 29 heteroatoms. The van der Waals surface area contributed by atoms with Gasteiger partial charge in [-0.15, -0.1) is 0 Å². The third-order valence-corrected chi connectivity index (χ3v) is 20.8. The number of carboxylic acids is 1. The number of aliphatic carboxylic acids is 1. The first-order valence-electron chi connectivity index (χ1n) is 38.7. The fourth-order valence-corrected chi connectivity index (χ4v) is 12.6. The van der Waals surface area contributed by atoms with E-state index in [0.29, 0.717) is 89.9 Å². The van der Waals surface area contributed by atoms with E-state index in [2.05, 4.69) is 58.5 Å². The zero-order valence-corrected chi connectivity index (χ0v) is 65.0. The van der Waals surface area contributed by atoms with Gasteiger partial charge in [0.25, 0.3) is 0 Å². The number of nitrogens with two attached hydrogens (primary N) is 4. The lowest BCUT2D eigenvalue weighted by Crippen LogP contribution is -2.62. The van der Waals surface area contributed by atoms with Crippen molar-refractivity contribution in [1.82, 2.24) is 58.5 Å². The second-order valence-electron chi connectivity index (χ2n) is 28.7. The lowest BCUT2D eigenvalue weighted by Gasteiger charge is -2.32. The average Bonchev–Trinajstić information content (AvgIpc) is 1.61. The SMILES string of the molecule is CC[C@H](C)[C@H](NC(=O)[C@@H](NC(=O)[C@H](CCCCN)NC(=O)[C@H](CCCCN)NC(=O)[C@@H](NC(=O)[C@@H](NC(=O)[C@H](CCCCN)NC(=O)[C@H](CCCCN)NC(=O)[C@@H](NC(=O)[C@@H](NC(=O)CNC(=O)OCC1c2ccccc2-c2ccccc21)[C@@H](C)CC)[C@@H](C)CC)[C@@H](C)CC)[C@@H](C)CC)[C@@H](C)CC)C(=O)O. The Morgan fingerprint density at radius 3 is 0.915 bits per heavy atom. The molecule has 596 valence electrons. The van der Waals surface area contributed by atoms with Crippen LogP contribution >= 0.6 is 0 Å². The zero-order chi connectivity index (χ0) is 79.2. The van der Waals surface area contributed by atoms with Gasteiger partial charge in [-0.2, -0.15) is 0 Å². The summed E-state index contributed by atoms with van der Waals surface area (Å²) >= 11 is 0. The summed E-state index contributed by atoms with van der Waals surface area (Å²) in [5.41, 5.74) is 27.7. The van der Waals surface area contributed by atoms with Gasteiger partial charge in [0.15, 0.2) is 0 Å². The van der Waals surface area contributed by atoms with Gasteiger partial charge in [0.05, 0.1) is 0 Å².